The maximum Gasteiger partial charge on any atom is 0.188 e. The Morgan fingerprint density at radius 3 is 2.25 bits per heavy atom. The van der Waals surface area contributed by atoms with Crippen molar-refractivity contribution in [2.24, 2.45) is 16.6 Å². The number of nitrogens with zero attached hydrogens (tertiary/aromatic N) is 1. The summed E-state index contributed by atoms with van der Waals surface area (Å²) in [7, 11) is 0. The van der Waals surface area contributed by atoms with Crippen LogP contribution in [-0.4, -0.2) is 18.5 Å². The Labute approximate surface area is 101 Å². The third-order valence-corrected chi connectivity index (χ3v) is 2.41. The Balaban J connectivity index is 3.32. The van der Waals surface area contributed by atoms with E-state index in [-0.39, 0.29) is 0 Å². The molecule has 0 saturated heterocycles. The van der Waals surface area contributed by atoms with Gasteiger partial charge in [-0.25, -0.2) is 0 Å². The van der Waals surface area contributed by atoms with Crippen LogP contribution in [0.4, 0.5) is 0 Å². The maximum absolute atomic E-state index is 5.69. The van der Waals surface area contributed by atoms with Crippen molar-refractivity contribution in [1.82, 2.24) is 5.32 Å². The van der Waals surface area contributed by atoms with Crippen molar-refractivity contribution in [2.75, 3.05) is 6.54 Å². The summed E-state index contributed by atoms with van der Waals surface area (Å²) in [6.45, 7) is 9.54. The minimum Gasteiger partial charge on any atom is -0.370 e. The summed E-state index contributed by atoms with van der Waals surface area (Å²) < 4.78 is 0. The SMILES string of the molecule is CC(C)CCCCCCN=C(N)NC(C)C. The zero-order chi connectivity index (χ0) is 12.4. The van der Waals surface area contributed by atoms with E-state index in [4.69, 9.17) is 5.73 Å². The third kappa shape index (κ3) is 11.3. The highest BCUT2D eigenvalue weighted by Crippen LogP contribution is 2.09. The van der Waals surface area contributed by atoms with E-state index < -0.39 is 0 Å². The molecule has 0 bridgehead atoms. The molecule has 0 amide bonds. The molecule has 0 spiro atoms. The highest BCUT2D eigenvalue weighted by molar-refractivity contribution is 5.77. The van der Waals surface area contributed by atoms with Crippen LogP contribution < -0.4 is 11.1 Å². The van der Waals surface area contributed by atoms with Crippen LogP contribution in [0.5, 0.6) is 0 Å². The van der Waals surface area contributed by atoms with E-state index in [1.807, 2.05) is 0 Å². The largest absolute Gasteiger partial charge is 0.370 e. The van der Waals surface area contributed by atoms with Crippen molar-refractivity contribution >= 4 is 5.96 Å². The van der Waals surface area contributed by atoms with Crippen molar-refractivity contribution in [2.45, 2.75) is 65.8 Å². The molecular formula is C13H29N3. The van der Waals surface area contributed by atoms with Gasteiger partial charge in [-0.3, -0.25) is 4.99 Å². The first-order valence-electron chi connectivity index (χ1n) is 6.58. The smallest absolute Gasteiger partial charge is 0.188 e. The van der Waals surface area contributed by atoms with Gasteiger partial charge in [0, 0.05) is 12.6 Å². The standard InChI is InChI=1S/C13H29N3/c1-11(2)9-7-5-6-8-10-15-13(14)16-12(3)4/h11-12H,5-10H2,1-4H3,(H3,14,15,16). The lowest BCUT2D eigenvalue weighted by Crippen LogP contribution is -2.36. The summed E-state index contributed by atoms with van der Waals surface area (Å²) >= 11 is 0. The van der Waals surface area contributed by atoms with Crippen molar-refractivity contribution in [3.05, 3.63) is 0 Å². The molecule has 0 saturated carbocycles. The van der Waals surface area contributed by atoms with Gasteiger partial charge >= 0.3 is 0 Å². The Morgan fingerprint density at radius 2 is 1.69 bits per heavy atom. The summed E-state index contributed by atoms with van der Waals surface area (Å²) in [5.41, 5.74) is 5.69. The molecule has 0 aliphatic rings. The molecular weight excluding hydrogens is 198 g/mol. The van der Waals surface area contributed by atoms with Gasteiger partial charge in [0.1, 0.15) is 0 Å². The number of hydrogen-bond donors (Lipinski definition) is 2. The average molecular weight is 227 g/mol. The fourth-order valence-corrected chi connectivity index (χ4v) is 1.56. The monoisotopic (exact) mass is 227 g/mol. The van der Waals surface area contributed by atoms with Crippen molar-refractivity contribution in [3.63, 3.8) is 0 Å². The molecule has 0 aromatic heterocycles. The van der Waals surface area contributed by atoms with Gasteiger partial charge in [-0.05, 0) is 26.2 Å². The van der Waals surface area contributed by atoms with Gasteiger partial charge in [-0.1, -0.05) is 39.5 Å². The predicted octanol–water partition coefficient (Wildman–Crippen LogP) is 2.91. The van der Waals surface area contributed by atoms with Crippen LogP contribution in [0.15, 0.2) is 4.99 Å². The summed E-state index contributed by atoms with van der Waals surface area (Å²) in [5, 5.41) is 3.09. The van der Waals surface area contributed by atoms with Crippen LogP contribution in [0, 0.1) is 5.92 Å². The lowest BCUT2D eigenvalue weighted by molar-refractivity contribution is 0.521. The highest BCUT2D eigenvalue weighted by atomic mass is 15.1. The van der Waals surface area contributed by atoms with Gasteiger partial charge in [0.25, 0.3) is 0 Å². The minimum absolute atomic E-state index is 0.370. The van der Waals surface area contributed by atoms with Gasteiger partial charge in [-0.15, -0.1) is 0 Å². The van der Waals surface area contributed by atoms with Crippen LogP contribution in [0.3, 0.4) is 0 Å². The van der Waals surface area contributed by atoms with E-state index in [1.165, 1.54) is 25.7 Å². The van der Waals surface area contributed by atoms with Crippen LogP contribution in [0.2, 0.25) is 0 Å². The number of nitrogens with one attached hydrogen (secondary N) is 1. The molecule has 0 aromatic carbocycles. The number of guanidine groups is 1. The first-order chi connectivity index (χ1) is 7.52. The normalized spacial score (nSPS) is 12.5. The molecule has 0 unspecified atom stereocenters. The zero-order valence-electron chi connectivity index (χ0n) is 11.4. The van der Waals surface area contributed by atoms with E-state index in [1.54, 1.807) is 0 Å². The third-order valence-electron chi connectivity index (χ3n) is 2.41. The quantitative estimate of drug-likeness (QED) is 0.380. The predicted molar refractivity (Wildman–Crippen MR) is 72.7 cm³/mol. The van der Waals surface area contributed by atoms with E-state index in [2.05, 4.69) is 38.0 Å². The second-order valence-corrected chi connectivity index (χ2v) is 5.16. The van der Waals surface area contributed by atoms with Gasteiger partial charge in [0.05, 0.1) is 0 Å². The molecule has 0 aromatic rings. The average Bonchev–Trinajstić information content (AvgIpc) is 2.14. The second kappa shape index (κ2) is 9.49. The highest BCUT2D eigenvalue weighted by Gasteiger charge is 1.96. The molecule has 16 heavy (non-hydrogen) atoms. The topological polar surface area (TPSA) is 50.4 Å². The zero-order valence-corrected chi connectivity index (χ0v) is 11.4. The van der Waals surface area contributed by atoms with Crippen molar-refractivity contribution in [3.8, 4) is 0 Å². The lowest BCUT2D eigenvalue weighted by Gasteiger charge is -2.08. The Bertz CT molecular complexity index is 186. The summed E-state index contributed by atoms with van der Waals surface area (Å²) in [5.74, 6) is 1.42. The maximum atomic E-state index is 5.69. The Morgan fingerprint density at radius 1 is 1.06 bits per heavy atom. The molecule has 0 radical (unpaired) electrons. The number of nitrogens with two attached hydrogens (primary N) is 1. The molecule has 3 N–H and O–H groups in total. The molecule has 0 fully saturated rings. The molecule has 96 valence electrons. The molecule has 0 rings (SSSR count). The minimum atomic E-state index is 0.370. The van der Waals surface area contributed by atoms with Crippen molar-refractivity contribution < 1.29 is 0 Å². The Kier molecular flexibility index (Phi) is 9.06. The van der Waals surface area contributed by atoms with E-state index in [0.29, 0.717) is 12.0 Å². The lowest BCUT2D eigenvalue weighted by atomic mass is 10.0. The van der Waals surface area contributed by atoms with Crippen LogP contribution in [-0.2, 0) is 0 Å². The first kappa shape index (κ1) is 15.3. The van der Waals surface area contributed by atoms with Gasteiger partial charge in [-0.2, -0.15) is 0 Å². The van der Waals surface area contributed by atoms with Crippen LogP contribution in [0.25, 0.3) is 0 Å². The molecule has 0 aliphatic carbocycles. The summed E-state index contributed by atoms with van der Waals surface area (Å²) in [6.07, 6.45) is 6.44. The first-order valence-corrected chi connectivity index (χ1v) is 6.58. The summed E-state index contributed by atoms with van der Waals surface area (Å²) in [4.78, 5) is 4.28. The molecule has 0 aliphatic heterocycles. The number of unbranched alkanes of at least 4 members (excludes halogenated alkanes) is 3. The fraction of sp³-hybridized carbons (Fsp3) is 0.923. The second-order valence-electron chi connectivity index (χ2n) is 5.16. The van der Waals surface area contributed by atoms with E-state index in [9.17, 15) is 0 Å². The number of hydrogen-bond acceptors (Lipinski definition) is 1. The van der Waals surface area contributed by atoms with Gasteiger partial charge in [0.15, 0.2) is 5.96 Å². The van der Waals surface area contributed by atoms with Gasteiger partial charge < -0.3 is 11.1 Å². The van der Waals surface area contributed by atoms with E-state index >= 15 is 0 Å². The van der Waals surface area contributed by atoms with E-state index in [0.717, 1.165) is 18.9 Å². The van der Waals surface area contributed by atoms with Crippen LogP contribution >= 0.6 is 0 Å². The van der Waals surface area contributed by atoms with Crippen molar-refractivity contribution in [1.29, 1.82) is 0 Å². The Hall–Kier alpha value is -0.730. The summed E-state index contributed by atoms with van der Waals surface area (Å²) in [6, 6.07) is 0.370. The number of aliphatic imine (C=N–C) groups is 1. The molecule has 3 nitrogen and oxygen atoms in total. The molecule has 0 heterocycles. The van der Waals surface area contributed by atoms with Crippen LogP contribution in [0.1, 0.15) is 59.8 Å². The molecule has 0 atom stereocenters. The molecule has 3 heteroatoms. The number of rotatable bonds is 8. The fourth-order valence-electron chi connectivity index (χ4n) is 1.56. The van der Waals surface area contributed by atoms with Gasteiger partial charge in [0.2, 0.25) is 0 Å².